The van der Waals surface area contributed by atoms with Crippen molar-refractivity contribution in [1.82, 2.24) is 5.32 Å². The number of nitro groups is 1. The number of nitrogens with one attached hydrogen (secondary N) is 1. The Hall–Kier alpha value is -0.940. The van der Waals surface area contributed by atoms with Crippen LogP contribution in [0.5, 0.6) is 0 Å². The molecule has 0 spiro atoms. The van der Waals surface area contributed by atoms with Crippen LogP contribution in [0.1, 0.15) is 39.2 Å². The van der Waals surface area contributed by atoms with Crippen molar-refractivity contribution < 1.29 is 4.92 Å². The van der Waals surface area contributed by atoms with E-state index in [1.54, 1.807) is 12.1 Å². The van der Waals surface area contributed by atoms with Gasteiger partial charge < -0.3 is 5.32 Å². The van der Waals surface area contributed by atoms with E-state index < -0.39 is 0 Å². The third-order valence-electron chi connectivity index (χ3n) is 3.43. The molecule has 1 aromatic carbocycles. The number of benzene rings is 1. The third kappa shape index (κ3) is 5.21. The minimum absolute atomic E-state index is 0.130. The molecule has 0 aliphatic carbocycles. The van der Waals surface area contributed by atoms with E-state index in [-0.39, 0.29) is 10.6 Å². The van der Waals surface area contributed by atoms with Gasteiger partial charge in [0, 0.05) is 22.6 Å². The summed E-state index contributed by atoms with van der Waals surface area (Å²) in [5, 5.41) is 14.3. The third-order valence-corrected chi connectivity index (χ3v) is 4.17. The Labute approximate surface area is 129 Å². The summed E-state index contributed by atoms with van der Waals surface area (Å²) < 4.78 is 0.824. The van der Waals surface area contributed by atoms with Gasteiger partial charge in [0.1, 0.15) is 0 Å². The normalized spacial score (nSPS) is 12.7. The van der Waals surface area contributed by atoms with Crippen molar-refractivity contribution in [2.45, 2.75) is 46.1 Å². The van der Waals surface area contributed by atoms with E-state index in [9.17, 15) is 10.1 Å². The minimum Gasteiger partial charge on any atom is -0.314 e. The maximum absolute atomic E-state index is 10.7. The number of hydrogen-bond acceptors (Lipinski definition) is 3. The number of nitro benzene ring substituents is 1. The lowest BCUT2D eigenvalue weighted by Gasteiger charge is -2.22. The van der Waals surface area contributed by atoms with Crippen LogP contribution in [-0.2, 0) is 6.42 Å². The number of nitrogens with zero attached hydrogens (tertiary/aromatic N) is 1. The van der Waals surface area contributed by atoms with Gasteiger partial charge >= 0.3 is 0 Å². The van der Waals surface area contributed by atoms with Gasteiger partial charge in [-0.15, -0.1) is 0 Å². The van der Waals surface area contributed by atoms with E-state index in [0.717, 1.165) is 35.8 Å². The van der Waals surface area contributed by atoms with Crippen LogP contribution in [0.25, 0.3) is 0 Å². The first-order valence-corrected chi connectivity index (χ1v) is 7.91. The number of halogens is 1. The van der Waals surface area contributed by atoms with Crippen molar-refractivity contribution in [1.29, 1.82) is 0 Å². The molecule has 0 radical (unpaired) electrons. The van der Waals surface area contributed by atoms with E-state index in [2.05, 4.69) is 42.0 Å². The molecule has 1 aromatic rings. The van der Waals surface area contributed by atoms with Crippen LogP contribution < -0.4 is 5.32 Å². The van der Waals surface area contributed by atoms with Crippen molar-refractivity contribution in [2.75, 3.05) is 6.54 Å². The maximum atomic E-state index is 10.7. The van der Waals surface area contributed by atoms with E-state index in [1.807, 2.05) is 6.07 Å². The monoisotopic (exact) mass is 342 g/mol. The van der Waals surface area contributed by atoms with Gasteiger partial charge in [-0.25, -0.2) is 0 Å². The van der Waals surface area contributed by atoms with E-state index in [0.29, 0.717) is 12.0 Å². The fourth-order valence-corrected chi connectivity index (χ4v) is 2.73. The molecule has 0 fully saturated rings. The molecule has 20 heavy (non-hydrogen) atoms. The summed E-state index contributed by atoms with van der Waals surface area (Å²) in [7, 11) is 0. The molecular weight excluding hydrogens is 320 g/mol. The van der Waals surface area contributed by atoms with Gasteiger partial charge in [0.05, 0.1) is 4.92 Å². The molecule has 0 aliphatic heterocycles. The zero-order valence-electron chi connectivity index (χ0n) is 12.4. The Morgan fingerprint density at radius 1 is 1.40 bits per heavy atom. The first-order valence-electron chi connectivity index (χ1n) is 7.11. The van der Waals surface area contributed by atoms with Crippen LogP contribution in [-0.4, -0.2) is 17.5 Å². The van der Waals surface area contributed by atoms with Gasteiger partial charge in [-0.05, 0) is 37.3 Å². The summed E-state index contributed by atoms with van der Waals surface area (Å²) in [6, 6.07) is 5.49. The molecule has 0 aliphatic rings. The number of rotatable bonds is 8. The van der Waals surface area contributed by atoms with Crippen LogP contribution in [0.4, 0.5) is 5.69 Å². The first-order chi connectivity index (χ1) is 9.45. The maximum Gasteiger partial charge on any atom is 0.270 e. The quantitative estimate of drug-likeness (QED) is 0.565. The lowest BCUT2D eigenvalue weighted by molar-refractivity contribution is -0.384. The van der Waals surface area contributed by atoms with Crippen molar-refractivity contribution in [3.63, 3.8) is 0 Å². The zero-order chi connectivity index (χ0) is 15.1. The fourth-order valence-electron chi connectivity index (χ4n) is 2.16. The largest absolute Gasteiger partial charge is 0.314 e. The summed E-state index contributed by atoms with van der Waals surface area (Å²) >= 11 is 3.43. The second-order valence-electron chi connectivity index (χ2n) is 5.38. The number of non-ortho nitro benzene ring substituents is 1. The Balaban J connectivity index is 2.65. The molecule has 0 aromatic heterocycles. The lowest BCUT2D eigenvalue weighted by atomic mass is 9.96. The van der Waals surface area contributed by atoms with E-state index in [4.69, 9.17) is 0 Å². The second-order valence-corrected chi connectivity index (χ2v) is 6.23. The van der Waals surface area contributed by atoms with Crippen molar-refractivity contribution in [3.05, 3.63) is 38.3 Å². The highest BCUT2D eigenvalue weighted by atomic mass is 79.9. The zero-order valence-corrected chi connectivity index (χ0v) is 13.9. The van der Waals surface area contributed by atoms with Crippen molar-refractivity contribution >= 4 is 21.6 Å². The Morgan fingerprint density at radius 3 is 2.60 bits per heavy atom. The second kappa shape index (κ2) is 8.37. The summed E-state index contributed by atoms with van der Waals surface area (Å²) in [4.78, 5) is 10.3. The fraction of sp³-hybridized carbons (Fsp3) is 0.600. The number of aryl methyl sites for hydroxylation is 1. The highest BCUT2D eigenvalue weighted by molar-refractivity contribution is 9.10. The molecule has 1 rings (SSSR count). The molecule has 0 amide bonds. The average molecular weight is 343 g/mol. The van der Waals surface area contributed by atoms with Crippen LogP contribution in [0.15, 0.2) is 22.7 Å². The van der Waals surface area contributed by atoms with Crippen LogP contribution in [0, 0.1) is 16.0 Å². The molecule has 0 saturated carbocycles. The van der Waals surface area contributed by atoms with Crippen LogP contribution >= 0.6 is 15.9 Å². The first kappa shape index (κ1) is 17.1. The van der Waals surface area contributed by atoms with Crippen LogP contribution in [0.2, 0.25) is 0 Å². The van der Waals surface area contributed by atoms with Gasteiger partial charge in [0.25, 0.3) is 5.69 Å². The molecule has 4 nitrogen and oxygen atoms in total. The molecule has 112 valence electrons. The summed E-state index contributed by atoms with van der Waals surface area (Å²) in [6.45, 7) is 7.64. The molecule has 0 bridgehead atoms. The predicted octanol–water partition coefficient (Wildman–Crippen LogP) is 4.31. The van der Waals surface area contributed by atoms with Crippen molar-refractivity contribution in [2.24, 2.45) is 5.92 Å². The molecule has 1 atom stereocenters. The van der Waals surface area contributed by atoms with Crippen LogP contribution in [0.3, 0.4) is 0 Å². The molecule has 0 heterocycles. The van der Waals surface area contributed by atoms with Gasteiger partial charge in [0.15, 0.2) is 0 Å². The summed E-state index contributed by atoms with van der Waals surface area (Å²) in [5.41, 5.74) is 1.25. The van der Waals surface area contributed by atoms with Gasteiger partial charge in [-0.2, -0.15) is 0 Å². The predicted molar refractivity (Wildman–Crippen MR) is 86.0 cm³/mol. The van der Waals surface area contributed by atoms with Crippen molar-refractivity contribution in [3.8, 4) is 0 Å². The smallest absolute Gasteiger partial charge is 0.270 e. The molecule has 5 heteroatoms. The Bertz CT molecular complexity index is 449. The molecular formula is C15H23BrN2O2. The average Bonchev–Trinajstić information content (AvgIpc) is 2.39. The number of hydrogen-bond donors (Lipinski definition) is 1. The SMILES string of the molecule is CCCNC(CCc1ccc([N+](=O)[O-])cc1Br)C(C)C. The molecule has 0 saturated heterocycles. The van der Waals surface area contributed by atoms with Gasteiger partial charge in [-0.1, -0.05) is 42.8 Å². The minimum atomic E-state index is -0.367. The molecule has 1 unspecified atom stereocenters. The topological polar surface area (TPSA) is 55.2 Å². The summed E-state index contributed by atoms with van der Waals surface area (Å²) in [5.74, 6) is 0.582. The van der Waals surface area contributed by atoms with E-state index >= 15 is 0 Å². The Morgan fingerprint density at radius 2 is 2.10 bits per heavy atom. The highest BCUT2D eigenvalue weighted by Crippen LogP contribution is 2.25. The Kier molecular flexibility index (Phi) is 7.16. The lowest BCUT2D eigenvalue weighted by Crippen LogP contribution is -2.34. The standard InChI is InChI=1S/C15H23BrN2O2/c1-4-9-17-15(11(2)3)8-6-12-5-7-13(18(19)20)10-14(12)16/h5,7,10-11,15,17H,4,6,8-9H2,1-3H3. The molecule has 1 N–H and O–H groups in total. The van der Waals surface area contributed by atoms with E-state index in [1.165, 1.54) is 0 Å². The highest BCUT2D eigenvalue weighted by Gasteiger charge is 2.14. The summed E-state index contributed by atoms with van der Waals surface area (Å²) in [6.07, 6.45) is 3.08. The van der Waals surface area contributed by atoms with Gasteiger partial charge in [-0.3, -0.25) is 10.1 Å². The van der Waals surface area contributed by atoms with Gasteiger partial charge in [0.2, 0.25) is 0 Å².